The van der Waals surface area contributed by atoms with E-state index in [2.05, 4.69) is 27.2 Å². The number of rotatable bonds is 3. The number of nitrogens with zero attached hydrogens (tertiary/aromatic N) is 2. The van der Waals surface area contributed by atoms with Crippen LogP contribution in [0.1, 0.15) is 19.3 Å². The van der Waals surface area contributed by atoms with E-state index < -0.39 is 0 Å². The molecule has 2 fully saturated rings. The van der Waals surface area contributed by atoms with Crippen LogP contribution in [0.3, 0.4) is 0 Å². The summed E-state index contributed by atoms with van der Waals surface area (Å²) in [5.74, 6) is 1.07. The maximum absolute atomic E-state index is 12.8. The van der Waals surface area contributed by atoms with Gasteiger partial charge in [-0.15, -0.1) is 0 Å². The van der Waals surface area contributed by atoms with Gasteiger partial charge in [0.1, 0.15) is 5.82 Å². The first-order chi connectivity index (χ1) is 11.7. The van der Waals surface area contributed by atoms with Gasteiger partial charge in [0.15, 0.2) is 0 Å². The quantitative estimate of drug-likeness (QED) is 0.907. The monoisotopic (exact) mass is 328 g/mol. The maximum Gasteiger partial charge on any atom is 0.231 e. The lowest BCUT2D eigenvalue weighted by molar-refractivity contribution is -0.122. The minimum absolute atomic E-state index is 0.0406. The van der Waals surface area contributed by atoms with Gasteiger partial charge in [0.25, 0.3) is 0 Å². The van der Waals surface area contributed by atoms with Crippen LogP contribution in [0.15, 0.2) is 24.5 Å². The zero-order valence-corrected chi connectivity index (χ0v) is 14.0. The number of ether oxygens (including phenoxy) is 1. The molecule has 24 heavy (non-hydrogen) atoms. The Morgan fingerprint density at radius 3 is 3.04 bits per heavy atom. The van der Waals surface area contributed by atoms with E-state index in [0.717, 1.165) is 43.3 Å². The van der Waals surface area contributed by atoms with Gasteiger partial charge in [-0.05, 0) is 57.5 Å². The highest BCUT2D eigenvalue weighted by Gasteiger charge is 2.40. The Kier molecular flexibility index (Phi) is 4.24. The zero-order valence-electron chi connectivity index (χ0n) is 14.0. The molecule has 0 saturated carbocycles. The number of aromatic amines is 1. The number of carbonyl (C=O) groups is 1. The second kappa shape index (κ2) is 6.53. The standard InChI is InChI=1S/C18H24N4O2/c1-22-7-3-12(4-8-22)17-14(5-9-24-17)18(23)21-16-10-13-2-6-19-15(13)11-20-16/h2,6,10-12,14,17,19H,3-5,7-9H2,1H3,(H,20,21,23)/t14-,17+/m1/s1. The summed E-state index contributed by atoms with van der Waals surface area (Å²) in [6, 6.07) is 3.89. The lowest BCUT2D eigenvalue weighted by atomic mass is 9.84. The van der Waals surface area contributed by atoms with Crippen LogP contribution in [0.2, 0.25) is 0 Å². The van der Waals surface area contributed by atoms with Crippen molar-refractivity contribution in [3.63, 3.8) is 0 Å². The highest BCUT2D eigenvalue weighted by Crippen LogP contribution is 2.33. The molecule has 4 rings (SSSR count). The molecule has 128 valence electrons. The van der Waals surface area contributed by atoms with Gasteiger partial charge in [-0.1, -0.05) is 0 Å². The highest BCUT2D eigenvalue weighted by molar-refractivity contribution is 5.94. The molecule has 6 heteroatoms. The third-order valence-electron chi connectivity index (χ3n) is 5.39. The lowest BCUT2D eigenvalue weighted by Crippen LogP contribution is -2.40. The summed E-state index contributed by atoms with van der Waals surface area (Å²) in [6.07, 6.45) is 6.70. The normalized spacial score (nSPS) is 26.0. The molecule has 2 aromatic heterocycles. The van der Waals surface area contributed by atoms with Gasteiger partial charge >= 0.3 is 0 Å². The van der Waals surface area contributed by atoms with Crippen LogP contribution in [0, 0.1) is 11.8 Å². The zero-order chi connectivity index (χ0) is 16.5. The van der Waals surface area contributed by atoms with E-state index in [-0.39, 0.29) is 17.9 Å². The van der Waals surface area contributed by atoms with Crippen molar-refractivity contribution in [1.29, 1.82) is 0 Å². The summed E-state index contributed by atoms with van der Waals surface area (Å²) in [5, 5.41) is 4.04. The summed E-state index contributed by atoms with van der Waals surface area (Å²) in [5.41, 5.74) is 0.974. The van der Waals surface area contributed by atoms with E-state index in [4.69, 9.17) is 4.74 Å². The Balaban J connectivity index is 1.44. The van der Waals surface area contributed by atoms with Gasteiger partial charge < -0.3 is 19.9 Å². The van der Waals surface area contributed by atoms with E-state index >= 15 is 0 Å². The number of piperidine rings is 1. The van der Waals surface area contributed by atoms with Crippen molar-refractivity contribution in [1.82, 2.24) is 14.9 Å². The van der Waals surface area contributed by atoms with Crippen LogP contribution in [0.4, 0.5) is 5.82 Å². The number of hydrogen-bond donors (Lipinski definition) is 2. The molecule has 0 radical (unpaired) electrons. The molecule has 2 aromatic rings. The second-order valence-electron chi connectivity index (χ2n) is 6.99. The topological polar surface area (TPSA) is 70.2 Å². The van der Waals surface area contributed by atoms with Crippen molar-refractivity contribution in [2.75, 3.05) is 32.1 Å². The molecule has 0 aromatic carbocycles. The van der Waals surface area contributed by atoms with E-state index in [1.807, 2.05) is 18.3 Å². The molecule has 2 saturated heterocycles. The molecule has 0 unspecified atom stereocenters. The van der Waals surface area contributed by atoms with Gasteiger partial charge in [0, 0.05) is 18.2 Å². The number of carbonyl (C=O) groups excluding carboxylic acids is 1. The van der Waals surface area contributed by atoms with Crippen molar-refractivity contribution in [3.05, 3.63) is 24.5 Å². The largest absolute Gasteiger partial charge is 0.377 e. The van der Waals surface area contributed by atoms with Crippen molar-refractivity contribution in [2.45, 2.75) is 25.4 Å². The van der Waals surface area contributed by atoms with Crippen LogP contribution in [0.25, 0.3) is 10.9 Å². The van der Waals surface area contributed by atoms with E-state index in [1.54, 1.807) is 6.20 Å². The molecule has 0 aliphatic carbocycles. The SMILES string of the molecule is CN1CCC([C@@H]2OCC[C@H]2C(=O)Nc2cc3cc[nH]c3cn2)CC1. The van der Waals surface area contributed by atoms with Crippen molar-refractivity contribution >= 4 is 22.6 Å². The van der Waals surface area contributed by atoms with Crippen molar-refractivity contribution in [2.24, 2.45) is 11.8 Å². The van der Waals surface area contributed by atoms with Crippen LogP contribution >= 0.6 is 0 Å². The first kappa shape index (κ1) is 15.6. The summed E-state index contributed by atoms with van der Waals surface area (Å²) in [4.78, 5) is 22.5. The average Bonchev–Trinajstić information content (AvgIpc) is 3.24. The van der Waals surface area contributed by atoms with Crippen LogP contribution in [-0.4, -0.2) is 53.6 Å². The van der Waals surface area contributed by atoms with Crippen LogP contribution in [-0.2, 0) is 9.53 Å². The molecule has 1 amide bonds. The molecule has 0 bridgehead atoms. The van der Waals surface area contributed by atoms with E-state index in [9.17, 15) is 4.79 Å². The Hall–Kier alpha value is -1.92. The fourth-order valence-electron chi connectivity index (χ4n) is 3.95. The fourth-order valence-corrected chi connectivity index (χ4v) is 3.95. The molecule has 6 nitrogen and oxygen atoms in total. The van der Waals surface area contributed by atoms with E-state index in [0.29, 0.717) is 18.3 Å². The number of anilines is 1. The second-order valence-corrected chi connectivity index (χ2v) is 6.99. The molecule has 2 aliphatic heterocycles. The summed E-state index contributed by atoms with van der Waals surface area (Å²) in [7, 11) is 2.15. The lowest BCUT2D eigenvalue weighted by Gasteiger charge is -2.34. The third kappa shape index (κ3) is 3.03. The molecule has 4 heterocycles. The average molecular weight is 328 g/mol. The molecule has 0 spiro atoms. The number of pyridine rings is 1. The number of hydrogen-bond acceptors (Lipinski definition) is 4. The van der Waals surface area contributed by atoms with Gasteiger partial charge in [-0.25, -0.2) is 4.98 Å². The fraction of sp³-hybridized carbons (Fsp3) is 0.556. The number of nitrogens with one attached hydrogen (secondary N) is 2. The summed E-state index contributed by atoms with van der Waals surface area (Å²) < 4.78 is 5.95. The van der Waals surface area contributed by atoms with Gasteiger partial charge in [-0.3, -0.25) is 4.79 Å². The van der Waals surface area contributed by atoms with Gasteiger partial charge in [-0.2, -0.15) is 0 Å². The predicted molar refractivity (Wildman–Crippen MR) is 92.8 cm³/mol. The Morgan fingerprint density at radius 2 is 2.21 bits per heavy atom. The minimum atomic E-state index is -0.0675. The number of amides is 1. The van der Waals surface area contributed by atoms with Crippen LogP contribution in [0.5, 0.6) is 0 Å². The summed E-state index contributed by atoms with van der Waals surface area (Å²) in [6.45, 7) is 2.86. The van der Waals surface area contributed by atoms with E-state index in [1.165, 1.54) is 0 Å². The Labute approximate surface area is 141 Å². The number of H-pyrrole nitrogens is 1. The Morgan fingerprint density at radius 1 is 1.38 bits per heavy atom. The Bertz CT molecular complexity index is 721. The smallest absolute Gasteiger partial charge is 0.231 e. The van der Waals surface area contributed by atoms with Gasteiger partial charge in [0.05, 0.1) is 23.7 Å². The number of aromatic nitrogens is 2. The number of fused-ring (bicyclic) bond motifs is 1. The molecule has 2 aliphatic rings. The van der Waals surface area contributed by atoms with Gasteiger partial charge in [0.2, 0.25) is 5.91 Å². The predicted octanol–water partition coefficient (Wildman–Crippen LogP) is 2.25. The molecular weight excluding hydrogens is 304 g/mol. The third-order valence-corrected chi connectivity index (χ3v) is 5.39. The molecular formula is C18H24N4O2. The summed E-state index contributed by atoms with van der Waals surface area (Å²) >= 11 is 0. The van der Waals surface area contributed by atoms with Crippen LogP contribution < -0.4 is 5.32 Å². The number of likely N-dealkylation sites (tertiary alicyclic amines) is 1. The highest BCUT2D eigenvalue weighted by atomic mass is 16.5. The molecule has 2 N–H and O–H groups in total. The maximum atomic E-state index is 12.8. The first-order valence-corrected chi connectivity index (χ1v) is 8.75. The van der Waals surface area contributed by atoms with Crippen molar-refractivity contribution < 1.29 is 9.53 Å². The molecule has 2 atom stereocenters. The van der Waals surface area contributed by atoms with Crippen molar-refractivity contribution in [3.8, 4) is 0 Å². The first-order valence-electron chi connectivity index (χ1n) is 8.75. The minimum Gasteiger partial charge on any atom is -0.377 e.